The lowest BCUT2D eigenvalue weighted by Gasteiger charge is -2.23. The van der Waals surface area contributed by atoms with Crippen LogP contribution in [-0.2, 0) is 35.1 Å². The second-order valence-electron chi connectivity index (χ2n) is 5.63. The SMILES string of the molecule is CCOC(=O)C[C@@H](C(=O)OCC)[C@@H](NC(=O)Cc1c(F)cccc1F)C(=O)O. The van der Waals surface area contributed by atoms with Crippen molar-refractivity contribution in [1.82, 2.24) is 5.32 Å². The maximum absolute atomic E-state index is 13.7. The maximum atomic E-state index is 13.7. The first kappa shape index (κ1) is 23.0. The van der Waals surface area contributed by atoms with Crippen molar-refractivity contribution in [2.75, 3.05) is 13.2 Å². The molecule has 0 aliphatic rings. The third-order valence-corrected chi connectivity index (χ3v) is 3.67. The van der Waals surface area contributed by atoms with Gasteiger partial charge in [-0.2, -0.15) is 0 Å². The third kappa shape index (κ3) is 6.60. The largest absolute Gasteiger partial charge is 0.480 e. The van der Waals surface area contributed by atoms with Crippen molar-refractivity contribution in [3.8, 4) is 0 Å². The van der Waals surface area contributed by atoms with E-state index in [1.165, 1.54) is 13.8 Å². The molecule has 1 aromatic carbocycles. The summed E-state index contributed by atoms with van der Waals surface area (Å²) < 4.78 is 36.8. The topological polar surface area (TPSA) is 119 Å². The van der Waals surface area contributed by atoms with Crippen LogP contribution >= 0.6 is 0 Å². The first-order valence-electron chi connectivity index (χ1n) is 8.48. The summed E-state index contributed by atoms with van der Waals surface area (Å²) in [6.07, 6.45) is -1.45. The van der Waals surface area contributed by atoms with Gasteiger partial charge in [-0.15, -0.1) is 0 Å². The van der Waals surface area contributed by atoms with Gasteiger partial charge in [0.25, 0.3) is 0 Å². The Labute approximate surface area is 159 Å². The maximum Gasteiger partial charge on any atom is 0.327 e. The van der Waals surface area contributed by atoms with Gasteiger partial charge < -0.3 is 19.9 Å². The van der Waals surface area contributed by atoms with Crippen molar-refractivity contribution in [1.29, 1.82) is 0 Å². The molecule has 0 unspecified atom stereocenters. The summed E-state index contributed by atoms with van der Waals surface area (Å²) in [5.41, 5.74) is -0.554. The van der Waals surface area contributed by atoms with Gasteiger partial charge in [0.1, 0.15) is 17.7 Å². The van der Waals surface area contributed by atoms with Gasteiger partial charge in [-0.3, -0.25) is 14.4 Å². The Bertz CT molecular complexity index is 718. The molecule has 2 N–H and O–H groups in total. The molecule has 0 spiro atoms. The second kappa shape index (κ2) is 11.0. The third-order valence-electron chi connectivity index (χ3n) is 3.67. The van der Waals surface area contributed by atoms with Gasteiger partial charge in [-0.05, 0) is 26.0 Å². The molecular formula is C18H21F2NO7. The van der Waals surface area contributed by atoms with Crippen LogP contribution in [0.1, 0.15) is 25.8 Å². The predicted molar refractivity (Wildman–Crippen MR) is 91.0 cm³/mol. The number of hydrogen-bond acceptors (Lipinski definition) is 6. The van der Waals surface area contributed by atoms with E-state index in [4.69, 9.17) is 9.47 Å². The van der Waals surface area contributed by atoms with Crippen LogP contribution in [-0.4, -0.2) is 48.2 Å². The lowest BCUT2D eigenvalue weighted by molar-refractivity contribution is -0.160. The predicted octanol–water partition coefficient (Wildman–Crippen LogP) is 1.21. The van der Waals surface area contributed by atoms with E-state index in [0.29, 0.717) is 0 Å². The number of rotatable bonds is 10. The van der Waals surface area contributed by atoms with Crippen molar-refractivity contribution in [3.05, 3.63) is 35.4 Å². The Kier molecular flexibility index (Phi) is 9.00. The number of carbonyl (C=O) groups is 4. The van der Waals surface area contributed by atoms with E-state index >= 15 is 0 Å². The molecule has 0 saturated carbocycles. The summed E-state index contributed by atoms with van der Waals surface area (Å²) in [5, 5.41) is 11.4. The first-order chi connectivity index (χ1) is 13.2. The highest BCUT2D eigenvalue weighted by Gasteiger charge is 2.38. The summed E-state index contributed by atoms with van der Waals surface area (Å²) in [4.78, 5) is 47.6. The van der Waals surface area contributed by atoms with Crippen molar-refractivity contribution in [2.24, 2.45) is 5.92 Å². The van der Waals surface area contributed by atoms with Crippen LogP contribution < -0.4 is 5.32 Å². The number of aliphatic carboxylic acids is 1. The zero-order chi connectivity index (χ0) is 21.3. The molecule has 8 nitrogen and oxygen atoms in total. The van der Waals surface area contributed by atoms with Crippen LogP contribution in [0, 0.1) is 17.6 Å². The molecule has 1 amide bonds. The van der Waals surface area contributed by atoms with Crippen LogP contribution in [0.25, 0.3) is 0 Å². The highest BCUT2D eigenvalue weighted by Crippen LogP contribution is 2.16. The normalized spacial score (nSPS) is 12.6. The van der Waals surface area contributed by atoms with Crippen LogP contribution in [0.2, 0.25) is 0 Å². The average Bonchev–Trinajstić information content (AvgIpc) is 2.61. The van der Waals surface area contributed by atoms with Crippen LogP contribution in [0.3, 0.4) is 0 Å². The lowest BCUT2D eigenvalue weighted by Crippen LogP contribution is -2.50. The number of benzene rings is 1. The molecule has 0 heterocycles. The number of halogens is 2. The molecule has 0 bridgehead atoms. The number of carboxylic acids is 1. The summed E-state index contributed by atoms with van der Waals surface area (Å²) in [7, 11) is 0. The molecule has 0 aliphatic heterocycles. The molecule has 0 fully saturated rings. The molecular weight excluding hydrogens is 380 g/mol. The zero-order valence-electron chi connectivity index (χ0n) is 15.4. The van der Waals surface area contributed by atoms with Gasteiger partial charge >= 0.3 is 17.9 Å². The minimum absolute atomic E-state index is 0.00500. The van der Waals surface area contributed by atoms with Crippen molar-refractivity contribution >= 4 is 23.8 Å². The lowest BCUT2D eigenvalue weighted by atomic mass is 9.95. The number of ether oxygens (including phenoxy) is 2. The smallest absolute Gasteiger partial charge is 0.327 e. The molecule has 10 heteroatoms. The fourth-order valence-corrected chi connectivity index (χ4v) is 2.41. The highest BCUT2D eigenvalue weighted by molar-refractivity contribution is 5.91. The van der Waals surface area contributed by atoms with Crippen molar-refractivity contribution < 1.29 is 42.5 Å². The quantitative estimate of drug-likeness (QED) is 0.566. The minimum Gasteiger partial charge on any atom is -0.480 e. The number of carboxylic acid groups (broad SMARTS) is 1. The molecule has 0 saturated heterocycles. The molecule has 2 atom stereocenters. The Morgan fingerprint density at radius 2 is 1.64 bits per heavy atom. The summed E-state index contributed by atoms with van der Waals surface area (Å²) in [6.45, 7) is 2.93. The molecule has 1 aromatic rings. The van der Waals surface area contributed by atoms with E-state index in [0.717, 1.165) is 18.2 Å². The second-order valence-corrected chi connectivity index (χ2v) is 5.63. The Morgan fingerprint density at radius 3 is 2.14 bits per heavy atom. The first-order valence-corrected chi connectivity index (χ1v) is 8.48. The summed E-state index contributed by atoms with van der Waals surface area (Å²) >= 11 is 0. The van der Waals surface area contributed by atoms with Crippen molar-refractivity contribution in [2.45, 2.75) is 32.7 Å². The number of nitrogens with one attached hydrogen (secondary N) is 1. The molecule has 0 aliphatic carbocycles. The highest BCUT2D eigenvalue weighted by atomic mass is 19.1. The molecule has 0 radical (unpaired) electrons. The molecule has 154 valence electrons. The molecule has 0 aromatic heterocycles. The Balaban J connectivity index is 3.02. The van der Waals surface area contributed by atoms with Gasteiger partial charge in [0.2, 0.25) is 5.91 Å². The number of esters is 2. The van der Waals surface area contributed by atoms with Gasteiger partial charge in [0.15, 0.2) is 0 Å². The fourth-order valence-electron chi connectivity index (χ4n) is 2.41. The number of carbonyl (C=O) groups excluding carboxylic acids is 3. The van der Waals surface area contributed by atoms with Gasteiger partial charge in [-0.1, -0.05) is 6.07 Å². The summed E-state index contributed by atoms with van der Waals surface area (Å²) in [6, 6.07) is 1.15. The molecule has 28 heavy (non-hydrogen) atoms. The van der Waals surface area contributed by atoms with Gasteiger partial charge in [-0.25, -0.2) is 13.6 Å². The number of hydrogen-bond donors (Lipinski definition) is 2. The van der Waals surface area contributed by atoms with Crippen LogP contribution in [0.5, 0.6) is 0 Å². The van der Waals surface area contributed by atoms with Crippen molar-refractivity contribution in [3.63, 3.8) is 0 Å². The summed E-state index contributed by atoms with van der Waals surface area (Å²) in [5.74, 6) is -8.09. The standard InChI is InChI=1S/C18H21F2NO7/c1-3-27-15(23)9-11(18(26)28-4-2)16(17(24)25)21-14(22)8-10-12(19)6-5-7-13(10)20/h5-7,11,16H,3-4,8-9H2,1-2H3,(H,21,22)(H,24,25)/t11-,16-/m1/s1. The zero-order valence-corrected chi connectivity index (χ0v) is 15.4. The van der Waals surface area contributed by atoms with Crippen LogP contribution in [0.15, 0.2) is 18.2 Å². The van der Waals surface area contributed by atoms with E-state index < -0.39 is 65.8 Å². The van der Waals surface area contributed by atoms with Gasteiger partial charge in [0.05, 0.1) is 32.0 Å². The average molecular weight is 401 g/mol. The molecule has 1 rings (SSSR count). The minimum atomic E-state index is -1.86. The van der Waals surface area contributed by atoms with Crippen LogP contribution in [0.4, 0.5) is 8.78 Å². The Hall–Kier alpha value is -3.04. The monoisotopic (exact) mass is 401 g/mol. The van der Waals surface area contributed by atoms with E-state index in [1.807, 2.05) is 5.32 Å². The van der Waals surface area contributed by atoms with E-state index in [9.17, 15) is 33.1 Å². The Morgan fingerprint density at radius 1 is 1.07 bits per heavy atom. The van der Waals surface area contributed by atoms with E-state index in [-0.39, 0.29) is 13.2 Å². The van der Waals surface area contributed by atoms with E-state index in [2.05, 4.69) is 0 Å². The van der Waals surface area contributed by atoms with Gasteiger partial charge in [0, 0.05) is 5.56 Å². The number of amides is 1. The van der Waals surface area contributed by atoms with E-state index in [1.54, 1.807) is 0 Å². The fraction of sp³-hybridized carbons (Fsp3) is 0.444.